The van der Waals surface area contributed by atoms with Gasteiger partial charge in [-0.2, -0.15) is 22.9 Å². The van der Waals surface area contributed by atoms with Crippen LogP contribution in [0.4, 0.5) is 0 Å². The zero-order valence-electron chi connectivity index (χ0n) is 34.5. The predicted molar refractivity (Wildman–Crippen MR) is 239 cm³/mol. The molecule has 4 heterocycles. The van der Waals surface area contributed by atoms with Crippen LogP contribution in [-0.2, 0) is 40.8 Å². The Hall–Kier alpha value is -6.65. The largest absolute Gasteiger partial charge is 2.00 e. The van der Waals surface area contributed by atoms with E-state index in [1.165, 1.54) is 46.0 Å². The van der Waals surface area contributed by atoms with Gasteiger partial charge in [0, 0.05) is 35.4 Å². The third-order valence-corrected chi connectivity index (χ3v) is 10.8. The van der Waals surface area contributed by atoms with Crippen LogP contribution in [-0.4, -0.2) is 29.5 Å². The van der Waals surface area contributed by atoms with E-state index in [0.717, 1.165) is 44.4 Å². The van der Waals surface area contributed by atoms with E-state index in [-0.39, 0.29) is 40.8 Å². The summed E-state index contributed by atoms with van der Waals surface area (Å²) in [7, 11) is 0. The van der Waals surface area contributed by atoms with E-state index in [2.05, 4.69) is 125 Å². The van der Waals surface area contributed by atoms with Crippen LogP contribution in [0.5, 0.6) is 23.0 Å². The summed E-state index contributed by atoms with van der Waals surface area (Å²) in [5, 5.41) is 1.83. The Kier molecular flexibility index (Phi) is 12.5. The Bertz CT molecular complexity index is 3040. The first kappa shape index (κ1) is 43.0. The molecular weight excluding hydrogens is 965 g/mol. The zero-order valence-corrected chi connectivity index (χ0v) is 37.6. The molecule has 0 amide bonds. The fourth-order valence-corrected chi connectivity index (χ4v) is 8.05. The van der Waals surface area contributed by atoms with Gasteiger partial charge in [-0.25, -0.2) is 15.0 Å². The molecule has 0 spiro atoms. The topological polar surface area (TPSA) is 87.8 Å². The molecule has 0 fully saturated rings. The Balaban J connectivity index is 0.00000272. The van der Waals surface area contributed by atoms with Crippen LogP contribution < -0.4 is 9.47 Å². The van der Waals surface area contributed by atoms with Crippen molar-refractivity contribution in [3.05, 3.63) is 193 Å². The van der Waals surface area contributed by atoms with Gasteiger partial charge >= 0.3 is 40.8 Å². The summed E-state index contributed by atoms with van der Waals surface area (Å²) in [6, 6.07) is 54.2. The van der Waals surface area contributed by atoms with Crippen LogP contribution >= 0.6 is 0 Å². The van der Waals surface area contributed by atoms with E-state index in [9.17, 15) is 0 Å². The molecule has 4 aromatic heterocycles. The van der Waals surface area contributed by atoms with Crippen molar-refractivity contribution < 1.29 is 50.3 Å². The van der Waals surface area contributed by atoms with Crippen molar-refractivity contribution in [1.29, 1.82) is 0 Å². The molecule has 0 atom stereocenters. The quantitative estimate of drug-likeness (QED) is 0.105. The van der Waals surface area contributed by atoms with Crippen molar-refractivity contribution in [2.24, 2.45) is 0 Å². The number of hydrogen-bond acceptors (Lipinski definition) is 7. The minimum atomic E-state index is 0. The van der Waals surface area contributed by atoms with Crippen molar-refractivity contribution in [3.63, 3.8) is 0 Å². The Morgan fingerprint density at radius 2 is 0.857 bits per heavy atom. The molecule has 0 bridgehead atoms. The summed E-state index contributed by atoms with van der Waals surface area (Å²) in [5.41, 5.74) is 14.1. The summed E-state index contributed by atoms with van der Waals surface area (Å²) in [5.74, 6) is 2.46. The van der Waals surface area contributed by atoms with Crippen molar-refractivity contribution in [2.75, 3.05) is 0 Å². The van der Waals surface area contributed by atoms with Crippen LogP contribution in [0.15, 0.2) is 146 Å². The van der Waals surface area contributed by atoms with Crippen molar-refractivity contribution in [2.45, 2.75) is 27.7 Å². The number of pyridine rings is 2. The third-order valence-electron chi connectivity index (χ3n) is 10.8. The summed E-state index contributed by atoms with van der Waals surface area (Å²) < 4.78 is 14.8. The summed E-state index contributed by atoms with van der Waals surface area (Å²) in [6.07, 6.45) is 6.61. The number of aromatic nitrogens is 6. The average molecular weight is 1000 g/mol. The third kappa shape index (κ3) is 8.60. The monoisotopic (exact) mass is 1000 g/mol. The van der Waals surface area contributed by atoms with Gasteiger partial charge in [0.25, 0.3) is 0 Å². The first-order valence-electron chi connectivity index (χ1n) is 19.9. The molecule has 0 radical (unpaired) electrons. The fourth-order valence-electron chi connectivity index (χ4n) is 8.05. The maximum absolute atomic E-state index is 6.43. The molecular formula is C53H36N6O2Pd2. The molecule has 63 heavy (non-hydrogen) atoms. The SMILES string of the molecule is Cc1cccc(C)c1-c1ccnc(-c2[c-]c(Oc3[c-]c4c(cc3)c3ccc(Oc5[c-]c(-c6cc(-c7c(C)cccc7C)ccn6)ccc5)[c-]c3n4-c3ncncn3)ccc2)c1.[Pd+2].[Pd+2]. The zero-order chi connectivity index (χ0) is 41.5. The maximum Gasteiger partial charge on any atom is 2.00 e. The van der Waals surface area contributed by atoms with Gasteiger partial charge in [0.2, 0.25) is 5.95 Å². The van der Waals surface area contributed by atoms with E-state index in [1.807, 2.05) is 89.8 Å². The molecule has 10 rings (SSSR count). The number of ether oxygens (including phenoxy) is 2. The minimum absolute atomic E-state index is 0. The summed E-state index contributed by atoms with van der Waals surface area (Å²) >= 11 is 0. The molecule has 0 saturated heterocycles. The smallest absolute Gasteiger partial charge is 0.503 e. The molecule has 0 N–H and O–H groups in total. The minimum Gasteiger partial charge on any atom is -0.503 e. The molecule has 310 valence electrons. The van der Waals surface area contributed by atoms with Gasteiger partial charge in [0.05, 0.1) is 0 Å². The van der Waals surface area contributed by atoms with Gasteiger partial charge in [-0.05, 0) is 95.7 Å². The average Bonchev–Trinajstić information content (AvgIpc) is 3.60. The number of aryl methyl sites for hydroxylation is 4. The molecule has 0 aliphatic rings. The molecule has 10 heteroatoms. The Morgan fingerprint density at radius 1 is 0.444 bits per heavy atom. The second kappa shape index (κ2) is 18.4. The second-order valence-electron chi connectivity index (χ2n) is 14.9. The predicted octanol–water partition coefficient (Wildman–Crippen LogP) is 12.4. The fraction of sp³-hybridized carbons (Fsp3) is 0.0755. The normalized spacial score (nSPS) is 10.9. The van der Waals surface area contributed by atoms with E-state index in [0.29, 0.717) is 40.0 Å². The number of benzene rings is 6. The first-order valence-corrected chi connectivity index (χ1v) is 19.9. The van der Waals surface area contributed by atoms with Crippen molar-refractivity contribution in [3.8, 4) is 73.7 Å². The second-order valence-corrected chi connectivity index (χ2v) is 14.9. The van der Waals surface area contributed by atoms with Crippen LogP contribution in [0, 0.1) is 52.0 Å². The van der Waals surface area contributed by atoms with Crippen LogP contribution in [0.2, 0.25) is 0 Å². The van der Waals surface area contributed by atoms with Gasteiger partial charge in [0.15, 0.2) is 0 Å². The number of hydrogen-bond donors (Lipinski definition) is 0. The van der Waals surface area contributed by atoms with Gasteiger partial charge in [-0.3, -0.25) is 0 Å². The van der Waals surface area contributed by atoms with Crippen LogP contribution in [0.1, 0.15) is 22.3 Å². The molecule has 10 aromatic rings. The van der Waals surface area contributed by atoms with Crippen LogP contribution in [0.25, 0.3) is 72.5 Å². The number of fused-ring (bicyclic) bond motifs is 3. The van der Waals surface area contributed by atoms with Gasteiger partial charge in [-0.1, -0.05) is 71.7 Å². The summed E-state index contributed by atoms with van der Waals surface area (Å²) in [4.78, 5) is 22.5. The molecule has 0 unspecified atom stereocenters. The Labute approximate surface area is 393 Å². The van der Waals surface area contributed by atoms with Gasteiger partial charge in [0.1, 0.15) is 12.7 Å². The summed E-state index contributed by atoms with van der Waals surface area (Å²) in [6.45, 7) is 8.53. The number of nitrogens with zero attached hydrogens (tertiary/aromatic N) is 6. The standard InChI is InChI=1S/C53H36N6O2.2Pd/c1-33-9-5-10-34(2)51(33)39-21-23-55-47(27-39)37-13-7-15-41(25-37)60-43-17-19-45-46-20-18-44(30-50(46)59(49(45)29-43)53-57-31-54-32-58-53)61-42-16-8-14-38(26-42)48-28-40(22-24-56-48)52-35(3)11-6-12-36(52)4;;/h5-24,27-28,31-32H,1-4H3;;/q-4;2*+2. The molecule has 0 aliphatic carbocycles. The Morgan fingerprint density at radius 3 is 1.30 bits per heavy atom. The van der Waals surface area contributed by atoms with Crippen LogP contribution in [0.3, 0.4) is 0 Å². The van der Waals surface area contributed by atoms with Gasteiger partial charge < -0.3 is 24.0 Å². The van der Waals surface area contributed by atoms with Gasteiger partial charge in [-0.15, -0.1) is 71.8 Å². The first-order chi connectivity index (χ1) is 29.9. The molecule has 8 nitrogen and oxygen atoms in total. The maximum atomic E-state index is 6.43. The van der Waals surface area contributed by atoms with Crippen molar-refractivity contribution in [1.82, 2.24) is 29.5 Å². The van der Waals surface area contributed by atoms with E-state index in [4.69, 9.17) is 9.47 Å². The molecule has 0 aliphatic heterocycles. The van der Waals surface area contributed by atoms with E-state index >= 15 is 0 Å². The number of rotatable bonds is 9. The molecule has 6 aromatic carbocycles. The van der Waals surface area contributed by atoms with E-state index < -0.39 is 0 Å². The molecule has 0 saturated carbocycles. The van der Waals surface area contributed by atoms with Crippen molar-refractivity contribution >= 4 is 21.8 Å². The van der Waals surface area contributed by atoms with E-state index in [1.54, 1.807) is 0 Å².